The number of benzene rings is 3. The summed E-state index contributed by atoms with van der Waals surface area (Å²) >= 11 is 0. The molecule has 0 aromatic heterocycles. The summed E-state index contributed by atoms with van der Waals surface area (Å²) in [4.78, 5) is 28.0. The van der Waals surface area contributed by atoms with Gasteiger partial charge in [-0.25, -0.2) is 0 Å². The minimum Gasteiger partial charge on any atom is -0.496 e. The van der Waals surface area contributed by atoms with Crippen molar-refractivity contribution in [1.29, 1.82) is 0 Å². The lowest BCUT2D eigenvalue weighted by Gasteiger charge is -2.37. The summed E-state index contributed by atoms with van der Waals surface area (Å²) in [5.74, 6) is 1.38. The topological polar surface area (TPSA) is 95.1 Å². The molecule has 0 fully saturated rings. The summed E-state index contributed by atoms with van der Waals surface area (Å²) < 4.78 is 22.1. The molecule has 2 N–H and O–H groups in total. The van der Waals surface area contributed by atoms with Gasteiger partial charge < -0.3 is 29.6 Å². The monoisotopic (exact) mass is 554 g/mol. The zero-order chi connectivity index (χ0) is 29.1. The Morgan fingerprint density at radius 2 is 1.46 bits per heavy atom. The van der Waals surface area contributed by atoms with Gasteiger partial charge in [-0.05, 0) is 55.2 Å². The Balaban J connectivity index is 1.58. The number of Topliss-reactive ketones (excluding diaryl/α,β-unsaturated/α-hetero) is 1. The fourth-order valence-electron chi connectivity index (χ4n) is 5.84. The van der Waals surface area contributed by atoms with Gasteiger partial charge >= 0.3 is 0 Å². The highest BCUT2D eigenvalue weighted by molar-refractivity contribution is 6.10. The smallest absolute Gasteiger partial charge is 0.254 e. The van der Waals surface area contributed by atoms with Crippen LogP contribution in [0.15, 0.2) is 89.3 Å². The van der Waals surface area contributed by atoms with Gasteiger partial charge in [-0.2, -0.15) is 0 Å². The van der Waals surface area contributed by atoms with Gasteiger partial charge in [-0.15, -0.1) is 0 Å². The number of carbonyl (C=O) groups is 2. The van der Waals surface area contributed by atoms with E-state index in [1.54, 1.807) is 40.6 Å². The van der Waals surface area contributed by atoms with Gasteiger partial charge in [0.25, 0.3) is 5.91 Å². The molecule has 0 saturated carbocycles. The van der Waals surface area contributed by atoms with Crippen LogP contribution < -0.4 is 29.6 Å². The first kappa shape index (κ1) is 27.8. The number of para-hydroxylation sites is 3. The number of nitrogens with one attached hydrogen (secondary N) is 2. The van der Waals surface area contributed by atoms with Crippen LogP contribution in [-0.2, 0) is 9.59 Å². The molecule has 3 aromatic rings. The third-order valence-corrected chi connectivity index (χ3v) is 7.76. The zero-order valence-corrected chi connectivity index (χ0v) is 23.9. The number of carbonyl (C=O) groups excluding carboxylic acids is 2. The van der Waals surface area contributed by atoms with E-state index in [0.29, 0.717) is 58.4 Å². The fourth-order valence-corrected chi connectivity index (χ4v) is 5.84. The lowest BCUT2D eigenvalue weighted by molar-refractivity contribution is -0.116. The largest absolute Gasteiger partial charge is 0.496 e. The number of allylic oxidation sites excluding steroid dienone is 3. The number of ketones is 1. The number of hydrogen-bond acceptors (Lipinski definition) is 7. The van der Waals surface area contributed by atoms with Crippen molar-refractivity contribution in [3.05, 3.63) is 100 Å². The van der Waals surface area contributed by atoms with E-state index in [9.17, 15) is 9.59 Å². The quantitative estimate of drug-likeness (QED) is 0.368. The first-order chi connectivity index (χ1) is 19.9. The van der Waals surface area contributed by atoms with Crippen molar-refractivity contribution in [3.8, 4) is 23.0 Å². The molecule has 1 aliphatic heterocycles. The molecule has 1 amide bonds. The summed E-state index contributed by atoms with van der Waals surface area (Å²) in [6.45, 7) is 1.87. The molecule has 2 aliphatic rings. The highest BCUT2D eigenvalue weighted by Crippen LogP contribution is 2.48. The van der Waals surface area contributed by atoms with Crippen molar-refractivity contribution >= 4 is 17.4 Å². The Kier molecular flexibility index (Phi) is 8.01. The zero-order valence-electron chi connectivity index (χ0n) is 23.9. The van der Waals surface area contributed by atoms with Crippen LogP contribution in [0.25, 0.3) is 0 Å². The summed E-state index contributed by atoms with van der Waals surface area (Å²) in [5.41, 5.74) is 4.81. The molecule has 212 valence electrons. The van der Waals surface area contributed by atoms with Crippen molar-refractivity contribution < 1.29 is 28.5 Å². The van der Waals surface area contributed by atoms with Crippen LogP contribution in [0.4, 0.5) is 5.69 Å². The number of hydrogen-bond donors (Lipinski definition) is 2. The van der Waals surface area contributed by atoms with Crippen molar-refractivity contribution in [3.63, 3.8) is 0 Å². The standard InChI is InChI=1S/C33H34N2O6/c1-19-30(33(37)35-23-11-7-9-13-27(23)39-3)31(22-10-6-8-12-26(22)38-2)32-24(34-19)16-21(17-25(32)36)20-14-15-28(40-4)29(18-20)41-5/h6-15,18,21,31,34H,16-17H2,1-5H3,(H,35,37)/t21-,31-/m1/s1. The third kappa shape index (κ3) is 5.25. The average molecular weight is 555 g/mol. The maximum Gasteiger partial charge on any atom is 0.254 e. The normalized spacial score (nSPS) is 18.3. The van der Waals surface area contributed by atoms with Gasteiger partial charge in [-0.3, -0.25) is 9.59 Å². The maximum absolute atomic E-state index is 14.0. The van der Waals surface area contributed by atoms with Crippen LogP contribution in [0, 0.1) is 0 Å². The van der Waals surface area contributed by atoms with E-state index in [1.807, 2.05) is 61.5 Å². The molecular weight excluding hydrogens is 520 g/mol. The van der Waals surface area contributed by atoms with Gasteiger partial charge in [0.1, 0.15) is 11.5 Å². The van der Waals surface area contributed by atoms with E-state index in [-0.39, 0.29) is 17.6 Å². The highest BCUT2D eigenvalue weighted by atomic mass is 16.5. The third-order valence-electron chi connectivity index (χ3n) is 7.76. The molecule has 41 heavy (non-hydrogen) atoms. The number of amides is 1. The molecule has 2 atom stereocenters. The van der Waals surface area contributed by atoms with E-state index >= 15 is 0 Å². The molecule has 0 spiro atoms. The summed E-state index contributed by atoms with van der Waals surface area (Å²) in [6, 6.07) is 20.5. The Bertz CT molecular complexity index is 1560. The molecule has 3 aromatic carbocycles. The van der Waals surface area contributed by atoms with E-state index < -0.39 is 5.92 Å². The van der Waals surface area contributed by atoms with Crippen LogP contribution in [0.1, 0.15) is 42.7 Å². The Morgan fingerprint density at radius 3 is 2.17 bits per heavy atom. The second-order valence-electron chi connectivity index (χ2n) is 10.0. The SMILES string of the molecule is COc1ccccc1NC(=O)C1=C(C)NC2=C(C(=O)C[C@H](c3ccc(OC)c(OC)c3)C2)[C@@H]1c1ccccc1OC. The van der Waals surface area contributed by atoms with Crippen LogP contribution >= 0.6 is 0 Å². The number of ether oxygens (including phenoxy) is 4. The van der Waals surface area contributed by atoms with Crippen LogP contribution in [0.3, 0.4) is 0 Å². The Hall–Kier alpha value is -4.72. The predicted octanol–water partition coefficient (Wildman–Crippen LogP) is 5.72. The van der Waals surface area contributed by atoms with Crippen LogP contribution in [0.2, 0.25) is 0 Å². The second kappa shape index (κ2) is 11.8. The lowest BCUT2D eigenvalue weighted by Crippen LogP contribution is -2.37. The fraction of sp³-hybridized carbons (Fsp3) is 0.273. The minimum absolute atomic E-state index is 0.0236. The van der Waals surface area contributed by atoms with Gasteiger partial charge in [0, 0.05) is 34.5 Å². The first-order valence-electron chi connectivity index (χ1n) is 13.4. The Morgan fingerprint density at radius 1 is 0.805 bits per heavy atom. The number of methoxy groups -OCH3 is 4. The lowest BCUT2D eigenvalue weighted by atomic mass is 9.71. The molecule has 8 heteroatoms. The van der Waals surface area contributed by atoms with Crippen LogP contribution in [-0.4, -0.2) is 40.1 Å². The molecule has 5 rings (SSSR count). The number of rotatable bonds is 8. The molecule has 0 bridgehead atoms. The average Bonchev–Trinajstić information content (AvgIpc) is 2.99. The summed E-state index contributed by atoms with van der Waals surface area (Å²) in [7, 11) is 6.35. The molecule has 0 unspecified atom stereocenters. The van der Waals surface area contributed by atoms with Crippen LogP contribution in [0.5, 0.6) is 23.0 Å². The van der Waals surface area contributed by atoms with Gasteiger partial charge in [-0.1, -0.05) is 36.4 Å². The van der Waals surface area contributed by atoms with Crippen molar-refractivity contribution in [2.24, 2.45) is 0 Å². The van der Waals surface area contributed by atoms with E-state index in [1.165, 1.54) is 0 Å². The van der Waals surface area contributed by atoms with Gasteiger partial charge in [0.2, 0.25) is 0 Å². The van der Waals surface area contributed by atoms with E-state index in [4.69, 9.17) is 18.9 Å². The van der Waals surface area contributed by atoms with Crippen molar-refractivity contribution in [2.75, 3.05) is 33.8 Å². The minimum atomic E-state index is -0.615. The molecule has 0 radical (unpaired) electrons. The summed E-state index contributed by atoms with van der Waals surface area (Å²) in [5, 5.41) is 6.44. The molecule has 0 saturated heterocycles. The molecule has 1 aliphatic carbocycles. The highest BCUT2D eigenvalue weighted by Gasteiger charge is 2.42. The number of anilines is 1. The van der Waals surface area contributed by atoms with Gasteiger partial charge in [0.05, 0.1) is 40.0 Å². The Labute approximate surface area is 240 Å². The molecular formula is C33H34N2O6. The second-order valence-corrected chi connectivity index (χ2v) is 10.0. The van der Waals surface area contributed by atoms with E-state index in [2.05, 4.69) is 10.6 Å². The number of dihydropyridines is 1. The van der Waals surface area contributed by atoms with Crippen molar-refractivity contribution in [1.82, 2.24) is 5.32 Å². The summed E-state index contributed by atoms with van der Waals surface area (Å²) in [6.07, 6.45) is 0.892. The van der Waals surface area contributed by atoms with Crippen molar-refractivity contribution in [2.45, 2.75) is 31.6 Å². The molecule has 1 heterocycles. The van der Waals surface area contributed by atoms with E-state index in [0.717, 1.165) is 16.8 Å². The predicted molar refractivity (Wildman–Crippen MR) is 157 cm³/mol. The first-order valence-corrected chi connectivity index (χ1v) is 13.4. The molecule has 8 nitrogen and oxygen atoms in total. The maximum atomic E-state index is 14.0. The van der Waals surface area contributed by atoms with Gasteiger partial charge in [0.15, 0.2) is 17.3 Å².